The van der Waals surface area contributed by atoms with Gasteiger partial charge in [0.25, 0.3) is 0 Å². The summed E-state index contributed by atoms with van der Waals surface area (Å²) in [4.78, 5) is 1.24. The van der Waals surface area contributed by atoms with Gasteiger partial charge in [0.1, 0.15) is 4.34 Å². The van der Waals surface area contributed by atoms with Crippen LogP contribution in [0, 0.1) is 5.92 Å². The van der Waals surface area contributed by atoms with Crippen LogP contribution < -0.4 is 5.32 Å². The number of aliphatic hydroxyl groups excluding tert-OH is 1. The van der Waals surface area contributed by atoms with Gasteiger partial charge in [0.15, 0.2) is 0 Å². The number of nitrogens with one attached hydrogen (secondary N) is 1. The molecule has 90 valence electrons. The monoisotopic (exact) mass is 323 g/mol. The number of halogens is 2. The van der Waals surface area contributed by atoms with Crippen LogP contribution in [0.3, 0.4) is 0 Å². The smallest absolute Gasteiger partial charge is 0.107 e. The van der Waals surface area contributed by atoms with Gasteiger partial charge in [-0.15, -0.1) is 11.3 Å². The van der Waals surface area contributed by atoms with Crippen LogP contribution in [0.15, 0.2) is 10.5 Å². The van der Waals surface area contributed by atoms with Crippen molar-refractivity contribution >= 4 is 38.9 Å². The molecule has 0 amide bonds. The van der Waals surface area contributed by atoms with E-state index < -0.39 is 0 Å². The van der Waals surface area contributed by atoms with E-state index >= 15 is 0 Å². The Morgan fingerprint density at radius 2 is 2.38 bits per heavy atom. The van der Waals surface area contributed by atoms with Gasteiger partial charge in [0, 0.05) is 28.5 Å². The third kappa shape index (κ3) is 2.99. The molecule has 0 aliphatic heterocycles. The highest BCUT2D eigenvalue weighted by molar-refractivity contribution is 9.10. The van der Waals surface area contributed by atoms with Gasteiger partial charge in [-0.2, -0.15) is 0 Å². The van der Waals surface area contributed by atoms with E-state index in [-0.39, 0.29) is 0 Å². The third-order valence-corrected chi connectivity index (χ3v) is 5.60. The molecule has 5 heteroatoms. The average Bonchev–Trinajstić information content (AvgIpc) is 2.83. The second-order valence-corrected chi connectivity index (χ2v) is 6.79. The lowest BCUT2D eigenvalue weighted by Gasteiger charge is -2.18. The average molecular weight is 325 g/mol. The molecule has 1 saturated carbocycles. The van der Waals surface area contributed by atoms with Gasteiger partial charge in [-0.05, 0) is 40.8 Å². The van der Waals surface area contributed by atoms with Gasteiger partial charge < -0.3 is 10.4 Å². The lowest BCUT2D eigenvalue weighted by atomic mass is 10.1. The fourth-order valence-electron chi connectivity index (χ4n) is 2.23. The zero-order valence-corrected chi connectivity index (χ0v) is 12.0. The quantitative estimate of drug-likeness (QED) is 0.889. The zero-order chi connectivity index (χ0) is 11.5. The Balaban J connectivity index is 1.87. The first kappa shape index (κ1) is 12.8. The van der Waals surface area contributed by atoms with Crippen molar-refractivity contribution in [3.63, 3.8) is 0 Å². The van der Waals surface area contributed by atoms with Crippen molar-refractivity contribution in [3.05, 3.63) is 19.8 Å². The molecule has 0 aromatic carbocycles. The fourth-order valence-corrected chi connectivity index (χ4v) is 3.98. The predicted octanol–water partition coefficient (Wildman–Crippen LogP) is 3.41. The van der Waals surface area contributed by atoms with Gasteiger partial charge in [-0.25, -0.2) is 0 Å². The summed E-state index contributed by atoms with van der Waals surface area (Å²) in [5.41, 5.74) is 0. The molecule has 1 fully saturated rings. The summed E-state index contributed by atoms with van der Waals surface area (Å²) in [6.07, 6.45) is 3.53. The maximum Gasteiger partial charge on any atom is 0.107 e. The summed E-state index contributed by atoms with van der Waals surface area (Å²) < 4.78 is 1.78. The van der Waals surface area contributed by atoms with E-state index in [1.807, 2.05) is 0 Å². The Morgan fingerprint density at radius 3 is 3.00 bits per heavy atom. The van der Waals surface area contributed by atoms with Crippen molar-refractivity contribution in [2.45, 2.75) is 31.8 Å². The van der Waals surface area contributed by atoms with Crippen LogP contribution in [0.5, 0.6) is 0 Å². The summed E-state index contributed by atoms with van der Waals surface area (Å²) in [7, 11) is 0. The normalized spacial score (nSPS) is 25.2. The maximum atomic E-state index is 9.22. The maximum absolute atomic E-state index is 9.22. The Kier molecular flexibility index (Phi) is 4.67. The summed E-state index contributed by atoms with van der Waals surface area (Å²) in [5.74, 6) is 0.430. The van der Waals surface area contributed by atoms with Gasteiger partial charge in [0.05, 0.1) is 0 Å². The molecule has 0 saturated heterocycles. The third-order valence-electron chi connectivity index (χ3n) is 3.13. The number of thiophene rings is 1. The van der Waals surface area contributed by atoms with Crippen molar-refractivity contribution < 1.29 is 5.11 Å². The fraction of sp³-hybridized carbons (Fsp3) is 0.636. The van der Waals surface area contributed by atoms with Crippen LogP contribution >= 0.6 is 38.9 Å². The highest BCUT2D eigenvalue weighted by atomic mass is 79.9. The molecule has 2 unspecified atom stereocenters. The van der Waals surface area contributed by atoms with Crippen molar-refractivity contribution in [1.82, 2.24) is 5.32 Å². The molecule has 0 radical (unpaired) electrons. The molecule has 1 heterocycles. The molecule has 1 aliphatic rings. The SMILES string of the molecule is OCC1CCCC1NCc1cc(Br)c(Cl)s1. The lowest BCUT2D eigenvalue weighted by molar-refractivity contribution is 0.205. The van der Waals surface area contributed by atoms with Crippen LogP contribution in [0.1, 0.15) is 24.1 Å². The van der Waals surface area contributed by atoms with E-state index in [0.29, 0.717) is 18.6 Å². The van der Waals surface area contributed by atoms with E-state index in [1.165, 1.54) is 17.7 Å². The minimum absolute atomic E-state index is 0.298. The highest BCUT2D eigenvalue weighted by Gasteiger charge is 2.25. The van der Waals surface area contributed by atoms with E-state index in [4.69, 9.17) is 11.6 Å². The first-order valence-electron chi connectivity index (χ1n) is 5.48. The Morgan fingerprint density at radius 1 is 1.56 bits per heavy atom. The topological polar surface area (TPSA) is 32.3 Å². The second-order valence-electron chi connectivity index (χ2n) is 4.20. The van der Waals surface area contributed by atoms with Crippen molar-refractivity contribution in [3.8, 4) is 0 Å². The summed E-state index contributed by atoms with van der Waals surface area (Å²) in [5, 5.41) is 12.7. The molecular formula is C11H15BrClNOS. The van der Waals surface area contributed by atoms with E-state index in [2.05, 4.69) is 27.3 Å². The minimum atomic E-state index is 0.298. The molecule has 1 aromatic rings. The van der Waals surface area contributed by atoms with Crippen LogP contribution in [-0.4, -0.2) is 17.8 Å². The molecule has 2 atom stereocenters. The summed E-state index contributed by atoms with van der Waals surface area (Å²) in [6, 6.07) is 2.52. The van der Waals surface area contributed by atoms with Crippen LogP contribution in [-0.2, 0) is 6.54 Å². The first-order valence-corrected chi connectivity index (χ1v) is 7.47. The standard InChI is InChI=1S/C11H15BrClNOS/c12-9-4-8(16-11(9)13)5-14-10-3-1-2-7(10)6-15/h4,7,10,14-15H,1-3,5-6H2. The molecular weight excluding hydrogens is 310 g/mol. The molecule has 2 N–H and O–H groups in total. The first-order chi connectivity index (χ1) is 7.70. The van der Waals surface area contributed by atoms with Gasteiger partial charge in [-0.3, -0.25) is 0 Å². The van der Waals surface area contributed by atoms with Crippen LogP contribution in [0.4, 0.5) is 0 Å². The van der Waals surface area contributed by atoms with Crippen molar-refractivity contribution in [2.75, 3.05) is 6.61 Å². The number of hydrogen-bond donors (Lipinski definition) is 2. The predicted molar refractivity (Wildman–Crippen MR) is 72.1 cm³/mol. The Hall–Kier alpha value is 0.390. The number of hydrogen-bond acceptors (Lipinski definition) is 3. The van der Waals surface area contributed by atoms with Crippen LogP contribution in [0.25, 0.3) is 0 Å². The molecule has 0 bridgehead atoms. The summed E-state index contributed by atoms with van der Waals surface area (Å²) >= 11 is 11.0. The molecule has 16 heavy (non-hydrogen) atoms. The van der Waals surface area contributed by atoms with E-state index in [9.17, 15) is 5.11 Å². The second kappa shape index (κ2) is 5.83. The van der Waals surface area contributed by atoms with E-state index in [0.717, 1.165) is 21.8 Å². The van der Waals surface area contributed by atoms with Gasteiger partial charge in [-0.1, -0.05) is 18.0 Å². The Bertz CT molecular complexity index is 338. The molecule has 1 aromatic heterocycles. The van der Waals surface area contributed by atoms with Crippen molar-refractivity contribution in [1.29, 1.82) is 0 Å². The zero-order valence-electron chi connectivity index (χ0n) is 8.88. The van der Waals surface area contributed by atoms with E-state index in [1.54, 1.807) is 11.3 Å². The summed E-state index contributed by atoms with van der Waals surface area (Å²) in [6.45, 7) is 1.14. The van der Waals surface area contributed by atoms with Gasteiger partial charge in [0.2, 0.25) is 0 Å². The molecule has 2 nitrogen and oxygen atoms in total. The molecule has 0 spiro atoms. The Labute approximate surface area is 113 Å². The molecule has 2 rings (SSSR count). The van der Waals surface area contributed by atoms with Crippen LogP contribution in [0.2, 0.25) is 4.34 Å². The highest BCUT2D eigenvalue weighted by Crippen LogP contribution is 2.32. The lowest BCUT2D eigenvalue weighted by Crippen LogP contribution is -2.33. The minimum Gasteiger partial charge on any atom is -0.396 e. The number of aliphatic hydroxyl groups is 1. The van der Waals surface area contributed by atoms with Gasteiger partial charge >= 0.3 is 0 Å². The largest absolute Gasteiger partial charge is 0.396 e. The molecule has 1 aliphatic carbocycles. The number of rotatable bonds is 4. The van der Waals surface area contributed by atoms with Crippen molar-refractivity contribution in [2.24, 2.45) is 5.92 Å².